The molecule has 0 amide bonds. The van der Waals surface area contributed by atoms with Crippen LogP contribution in [0.1, 0.15) is 31.1 Å². The number of nitrogens with two attached hydrogens (primary N) is 1. The normalized spacial score (nSPS) is 12.9. The number of hydrogen-bond acceptors (Lipinski definition) is 3. The van der Waals surface area contributed by atoms with Crippen LogP contribution < -0.4 is 11.3 Å². The van der Waals surface area contributed by atoms with Crippen molar-refractivity contribution in [2.45, 2.75) is 26.3 Å². The van der Waals surface area contributed by atoms with E-state index in [1.54, 1.807) is 6.20 Å². The molecule has 3 nitrogen and oxygen atoms in total. The molecule has 0 bridgehead atoms. The van der Waals surface area contributed by atoms with Gasteiger partial charge in [0.25, 0.3) is 0 Å². The summed E-state index contributed by atoms with van der Waals surface area (Å²) in [4.78, 5) is 4.28. The van der Waals surface area contributed by atoms with Gasteiger partial charge in [-0.1, -0.05) is 13.0 Å². The second-order valence-electron chi connectivity index (χ2n) is 2.79. The Balaban J connectivity index is 2.96. The van der Waals surface area contributed by atoms with Crippen molar-refractivity contribution in [1.82, 2.24) is 10.4 Å². The fourth-order valence-corrected chi connectivity index (χ4v) is 1.22. The van der Waals surface area contributed by atoms with Gasteiger partial charge < -0.3 is 0 Å². The highest BCUT2D eigenvalue weighted by Crippen LogP contribution is 2.13. The van der Waals surface area contributed by atoms with E-state index < -0.39 is 0 Å². The standard InChI is InChI=1S/C9H15N3/c1-3-8-5-4-6-11-9(8)7(2)12-10/h4-7,12H,3,10H2,1-2H3. The zero-order chi connectivity index (χ0) is 8.97. The molecular formula is C9H15N3. The Morgan fingerprint density at radius 3 is 3.00 bits per heavy atom. The maximum Gasteiger partial charge on any atom is 0.0615 e. The molecule has 3 N–H and O–H groups in total. The maximum atomic E-state index is 5.34. The molecular weight excluding hydrogens is 150 g/mol. The molecule has 0 aliphatic rings. The summed E-state index contributed by atoms with van der Waals surface area (Å²) in [5.41, 5.74) is 4.99. The minimum Gasteiger partial charge on any atom is -0.271 e. The van der Waals surface area contributed by atoms with Crippen LogP contribution in [0, 0.1) is 0 Å². The van der Waals surface area contributed by atoms with E-state index >= 15 is 0 Å². The quantitative estimate of drug-likeness (QED) is 0.522. The smallest absolute Gasteiger partial charge is 0.0615 e. The lowest BCUT2D eigenvalue weighted by Crippen LogP contribution is -2.27. The van der Waals surface area contributed by atoms with Gasteiger partial charge in [-0.3, -0.25) is 16.3 Å². The van der Waals surface area contributed by atoms with E-state index in [9.17, 15) is 0 Å². The molecule has 0 aliphatic heterocycles. The van der Waals surface area contributed by atoms with Gasteiger partial charge in [-0.2, -0.15) is 0 Å². The summed E-state index contributed by atoms with van der Waals surface area (Å²) in [6.45, 7) is 4.12. The third-order valence-corrected chi connectivity index (χ3v) is 1.97. The van der Waals surface area contributed by atoms with Crippen molar-refractivity contribution in [2.75, 3.05) is 0 Å². The van der Waals surface area contributed by atoms with Crippen molar-refractivity contribution in [2.24, 2.45) is 5.84 Å². The highest BCUT2D eigenvalue weighted by Gasteiger charge is 2.07. The average Bonchev–Trinajstić information content (AvgIpc) is 2.16. The van der Waals surface area contributed by atoms with E-state index in [0.29, 0.717) is 0 Å². The zero-order valence-electron chi connectivity index (χ0n) is 7.54. The van der Waals surface area contributed by atoms with Crippen LogP contribution in [0.2, 0.25) is 0 Å². The second kappa shape index (κ2) is 4.18. The van der Waals surface area contributed by atoms with Crippen molar-refractivity contribution < 1.29 is 0 Å². The largest absolute Gasteiger partial charge is 0.271 e. The molecule has 1 rings (SSSR count). The van der Waals surface area contributed by atoms with Crippen molar-refractivity contribution in [3.8, 4) is 0 Å². The Hall–Kier alpha value is -0.930. The first-order chi connectivity index (χ1) is 5.79. The van der Waals surface area contributed by atoms with Crippen LogP contribution in [0.3, 0.4) is 0 Å². The molecule has 3 heteroatoms. The molecule has 1 atom stereocenters. The first-order valence-corrected chi connectivity index (χ1v) is 4.19. The predicted octanol–water partition coefficient (Wildman–Crippen LogP) is 1.17. The van der Waals surface area contributed by atoms with Crippen molar-refractivity contribution in [1.29, 1.82) is 0 Å². The summed E-state index contributed by atoms with van der Waals surface area (Å²) >= 11 is 0. The van der Waals surface area contributed by atoms with Gasteiger partial charge in [0.15, 0.2) is 0 Å². The molecule has 0 aromatic carbocycles. The number of nitrogens with zero attached hydrogens (tertiary/aromatic N) is 1. The van der Waals surface area contributed by atoms with Crippen LogP contribution in [0.4, 0.5) is 0 Å². The van der Waals surface area contributed by atoms with Crippen LogP contribution >= 0.6 is 0 Å². The Morgan fingerprint density at radius 2 is 2.42 bits per heavy atom. The Morgan fingerprint density at radius 1 is 1.67 bits per heavy atom. The minimum absolute atomic E-state index is 0.126. The summed E-state index contributed by atoms with van der Waals surface area (Å²) in [6, 6.07) is 4.16. The van der Waals surface area contributed by atoms with Gasteiger partial charge in [0, 0.05) is 6.20 Å². The van der Waals surface area contributed by atoms with Gasteiger partial charge in [0.1, 0.15) is 0 Å². The lowest BCUT2D eigenvalue weighted by molar-refractivity contribution is 0.581. The highest BCUT2D eigenvalue weighted by molar-refractivity contribution is 5.22. The topological polar surface area (TPSA) is 50.9 Å². The summed E-state index contributed by atoms with van der Waals surface area (Å²) in [5, 5.41) is 0. The molecule has 66 valence electrons. The van der Waals surface area contributed by atoms with Crippen LogP contribution in [0.15, 0.2) is 18.3 Å². The van der Waals surface area contributed by atoms with Crippen LogP contribution in [-0.2, 0) is 6.42 Å². The fourth-order valence-electron chi connectivity index (χ4n) is 1.22. The van der Waals surface area contributed by atoms with Gasteiger partial charge >= 0.3 is 0 Å². The van der Waals surface area contributed by atoms with E-state index in [-0.39, 0.29) is 6.04 Å². The lowest BCUT2D eigenvalue weighted by atomic mass is 10.1. The van der Waals surface area contributed by atoms with E-state index in [2.05, 4.69) is 23.4 Å². The van der Waals surface area contributed by atoms with Crippen LogP contribution in [-0.4, -0.2) is 4.98 Å². The maximum absolute atomic E-state index is 5.34. The highest BCUT2D eigenvalue weighted by atomic mass is 15.2. The van der Waals surface area contributed by atoms with Gasteiger partial charge in [-0.05, 0) is 25.0 Å². The lowest BCUT2D eigenvalue weighted by Gasteiger charge is -2.12. The molecule has 12 heavy (non-hydrogen) atoms. The van der Waals surface area contributed by atoms with E-state index in [4.69, 9.17) is 5.84 Å². The monoisotopic (exact) mass is 165 g/mol. The number of pyridine rings is 1. The van der Waals surface area contributed by atoms with E-state index in [0.717, 1.165) is 12.1 Å². The number of aromatic nitrogens is 1. The van der Waals surface area contributed by atoms with Gasteiger partial charge in [0.2, 0.25) is 0 Å². The van der Waals surface area contributed by atoms with Crippen molar-refractivity contribution in [3.63, 3.8) is 0 Å². The zero-order valence-corrected chi connectivity index (χ0v) is 7.54. The first-order valence-electron chi connectivity index (χ1n) is 4.19. The van der Waals surface area contributed by atoms with Gasteiger partial charge in [0.05, 0.1) is 11.7 Å². The van der Waals surface area contributed by atoms with Gasteiger partial charge in [-0.15, -0.1) is 0 Å². The van der Waals surface area contributed by atoms with Crippen molar-refractivity contribution >= 4 is 0 Å². The summed E-state index contributed by atoms with van der Waals surface area (Å²) in [6.07, 6.45) is 2.79. The molecule has 0 saturated heterocycles. The molecule has 0 radical (unpaired) electrons. The summed E-state index contributed by atoms with van der Waals surface area (Å²) < 4.78 is 0. The number of hydrogen-bond donors (Lipinski definition) is 2. The number of hydrazine groups is 1. The number of rotatable bonds is 3. The molecule has 0 spiro atoms. The first kappa shape index (κ1) is 9.16. The minimum atomic E-state index is 0.126. The molecule has 1 aromatic heterocycles. The van der Waals surface area contributed by atoms with Crippen LogP contribution in [0.5, 0.6) is 0 Å². The summed E-state index contributed by atoms with van der Waals surface area (Å²) in [7, 11) is 0. The number of nitrogens with one attached hydrogen (secondary N) is 1. The van der Waals surface area contributed by atoms with E-state index in [1.165, 1.54) is 5.56 Å². The third kappa shape index (κ3) is 1.81. The SMILES string of the molecule is CCc1cccnc1C(C)NN. The molecule has 1 unspecified atom stereocenters. The van der Waals surface area contributed by atoms with Crippen molar-refractivity contribution in [3.05, 3.63) is 29.6 Å². The molecule has 1 heterocycles. The average molecular weight is 165 g/mol. The fraction of sp³-hybridized carbons (Fsp3) is 0.444. The van der Waals surface area contributed by atoms with Crippen LogP contribution in [0.25, 0.3) is 0 Å². The Kier molecular flexibility index (Phi) is 3.19. The molecule has 0 aliphatic carbocycles. The molecule has 1 aromatic rings. The number of aryl methyl sites for hydroxylation is 1. The Bertz CT molecular complexity index is 247. The summed E-state index contributed by atoms with van der Waals surface area (Å²) in [5.74, 6) is 5.34. The Labute approximate surface area is 73.0 Å². The second-order valence-corrected chi connectivity index (χ2v) is 2.79. The third-order valence-electron chi connectivity index (χ3n) is 1.97. The van der Waals surface area contributed by atoms with Gasteiger partial charge in [-0.25, -0.2) is 0 Å². The molecule has 0 fully saturated rings. The molecule has 0 saturated carbocycles. The predicted molar refractivity (Wildman–Crippen MR) is 49.4 cm³/mol. The van der Waals surface area contributed by atoms with E-state index in [1.807, 2.05) is 13.0 Å².